The number of hydrogen-bond donors (Lipinski definition) is 0. The van der Waals surface area contributed by atoms with Gasteiger partial charge in [0.15, 0.2) is 0 Å². The van der Waals surface area contributed by atoms with E-state index in [0.717, 1.165) is 36.1 Å². The van der Waals surface area contributed by atoms with Gasteiger partial charge >= 0.3 is 0 Å². The fourth-order valence-electron chi connectivity index (χ4n) is 12.2. The van der Waals surface area contributed by atoms with Crippen LogP contribution in [0.4, 0.5) is 0 Å². The summed E-state index contributed by atoms with van der Waals surface area (Å²) in [5.41, 5.74) is 23.2. The Kier molecular flexibility index (Phi) is 10.1. The van der Waals surface area contributed by atoms with Gasteiger partial charge in [-0.05, 0) is 173 Å². The van der Waals surface area contributed by atoms with Gasteiger partial charge in [0.25, 0.3) is 0 Å². The number of aromatic nitrogens is 3. The van der Waals surface area contributed by atoms with Crippen molar-refractivity contribution in [2.75, 3.05) is 0 Å². The molecule has 0 amide bonds. The number of hydrogen-bond acceptors (Lipinski definition) is 0. The Balaban J connectivity index is 1.02. The standard InChI is InChI=1S/C70H53N3/c1-4-6-16-46(5-2)50-29-33-63-59(39-50)62-42-53(49-25-23-45(3)24-26-49)32-36-66(62)72(63)57-37-54-27-28-55-38-58(44-68-70(55)69(54)67(43-57)71(68)56-21-14-9-15-22-56)73-64-34-30-51(47-17-10-7-11-18-47)40-60(64)61-41-52(31-35-65(61)73)48-19-12-8-13-20-48/h4-23,25-26,29-45H,2,24,27-28H2,1,3H3/b6-4-,46-16+. The summed E-state index contributed by atoms with van der Waals surface area (Å²) in [6, 6.07) is 70.6. The molecule has 2 aliphatic carbocycles. The minimum atomic E-state index is 0.555. The lowest BCUT2D eigenvalue weighted by Crippen LogP contribution is -2.03. The van der Waals surface area contributed by atoms with Crippen molar-refractivity contribution in [3.63, 3.8) is 0 Å². The summed E-state index contributed by atoms with van der Waals surface area (Å²) < 4.78 is 7.58. The largest absolute Gasteiger partial charge is 0.309 e. The fraction of sp³-hybridized carbons (Fsp3) is 0.0857. The minimum absolute atomic E-state index is 0.555. The summed E-state index contributed by atoms with van der Waals surface area (Å²) in [4.78, 5) is 0. The highest BCUT2D eigenvalue weighted by molar-refractivity contribution is 6.17. The van der Waals surface area contributed by atoms with Crippen molar-refractivity contribution in [3.8, 4) is 39.3 Å². The molecule has 0 saturated heterocycles. The maximum atomic E-state index is 4.22. The molecule has 0 N–H and O–H groups in total. The maximum Gasteiger partial charge on any atom is 0.0564 e. The lowest BCUT2D eigenvalue weighted by Gasteiger charge is -2.18. The van der Waals surface area contributed by atoms with Gasteiger partial charge in [-0.15, -0.1) is 0 Å². The molecule has 1 atom stereocenters. The van der Waals surface area contributed by atoms with Crippen molar-refractivity contribution < 1.29 is 0 Å². The van der Waals surface area contributed by atoms with Crippen LogP contribution >= 0.6 is 0 Å². The van der Waals surface area contributed by atoms with Gasteiger partial charge in [-0.1, -0.05) is 159 Å². The highest BCUT2D eigenvalue weighted by atomic mass is 15.0. The Labute approximate surface area is 425 Å². The third kappa shape index (κ3) is 6.95. The van der Waals surface area contributed by atoms with E-state index in [9.17, 15) is 0 Å². The predicted molar refractivity (Wildman–Crippen MR) is 312 cm³/mol. The third-order valence-corrected chi connectivity index (χ3v) is 15.7. The smallest absolute Gasteiger partial charge is 0.0564 e. The normalized spacial score (nSPS) is 14.8. The van der Waals surface area contributed by atoms with Crippen molar-refractivity contribution in [2.45, 2.75) is 33.1 Å². The second-order valence-electron chi connectivity index (χ2n) is 20.1. The van der Waals surface area contributed by atoms with Crippen LogP contribution in [0.25, 0.3) is 116 Å². The molecule has 9 aromatic carbocycles. The molecule has 3 nitrogen and oxygen atoms in total. The summed E-state index contributed by atoms with van der Waals surface area (Å²) >= 11 is 0. The van der Waals surface area contributed by atoms with E-state index in [-0.39, 0.29) is 0 Å². The average Bonchev–Trinajstić information content (AvgIpc) is 4.08. The molecule has 0 radical (unpaired) electrons. The molecule has 12 aromatic rings. The molecular formula is C70H53N3. The number of fused-ring (bicyclic) bond motifs is 6. The van der Waals surface area contributed by atoms with Crippen LogP contribution in [0, 0.1) is 5.92 Å². The second-order valence-corrected chi connectivity index (χ2v) is 20.1. The first-order valence-electron chi connectivity index (χ1n) is 25.8. The molecule has 2 aliphatic rings. The average molecular weight is 936 g/mol. The van der Waals surface area contributed by atoms with Crippen LogP contribution in [0.1, 0.15) is 42.5 Å². The SMILES string of the molecule is C=C/C(=C\C=C/C)c1ccc2c(c1)c1cc(C3=CCC(C)C=C3)ccc1n2-c1cc2c3c4c(cc(-n5c6ccc(-c7ccccc7)cc6c6cc(-c7ccccc7)ccc65)cc4n(-c4ccccc4)c3c1)CC2. The zero-order valence-electron chi connectivity index (χ0n) is 41.2. The zero-order valence-corrected chi connectivity index (χ0v) is 41.2. The molecule has 0 bridgehead atoms. The van der Waals surface area contributed by atoms with Gasteiger partial charge in [0, 0.05) is 49.4 Å². The number of aryl methyl sites for hydroxylation is 2. The van der Waals surface area contributed by atoms with Crippen LogP contribution in [0.15, 0.2) is 237 Å². The van der Waals surface area contributed by atoms with Crippen molar-refractivity contribution in [1.82, 2.24) is 13.7 Å². The Morgan fingerprint density at radius 1 is 0.479 bits per heavy atom. The molecular weight excluding hydrogens is 883 g/mol. The number of nitrogens with zero attached hydrogens (tertiary/aromatic N) is 3. The molecule has 73 heavy (non-hydrogen) atoms. The maximum absolute atomic E-state index is 4.22. The highest BCUT2D eigenvalue weighted by Crippen LogP contribution is 2.46. The van der Waals surface area contributed by atoms with E-state index < -0.39 is 0 Å². The first-order chi connectivity index (χ1) is 36.0. The summed E-state index contributed by atoms with van der Waals surface area (Å²) in [6.45, 7) is 8.56. The number of benzene rings is 9. The molecule has 0 fully saturated rings. The first-order valence-corrected chi connectivity index (χ1v) is 25.8. The van der Waals surface area contributed by atoms with Crippen LogP contribution in [0.3, 0.4) is 0 Å². The third-order valence-electron chi connectivity index (χ3n) is 15.7. The van der Waals surface area contributed by atoms with E-state index in [1.807, 2.05) is 6.08 Å². The number of allylic oxidation sites excluding steroid dienone is 9. The molecule has 3 aromatic heterocycles. The zero-order chi connectivity index (χ0) is 48.7. The van der Waals surface area contributed by atoms with Crippen molar-refractivity contribution in [3.05, 3.63) is 259 Å². The predicted octanol–water partition coefficient (Wildman–Crippen LogP) is 18.5. The van der Waals surface area contributed by atoms with E-state index in [1.54, 1.807) is 0 Å². The van der Waals surface area contributed by atoms with Gasteiger partial charge < -0.3 is 13.7 Å². The molecule has 0 saturated carbocycles. The van der Waals surface area contributed by atoms with E-state index in [0.29, 0.717) is 5.92 Å². The molecule has 3 heteroatoms. The van der Waals surface area contributed by atoms with Crippen LogP contribution in [0.2, 0.25) is 0 Å². The number of para-hydroxylation sites is 1. The van der Waals surface area contributed by atoms with Gasteiger partial charge in [0.05, 0.1) is 33.1 Å². The Morgan fingerprint density at radius 2 is 0.959 bits per heavy atom. The molecule has 14 rings (SSSR count). The molecule has 0 spiro atoms. The molecule has 348 valence electrons. The molecule has 3 heterocycles. The lowest BCUT2D eigenvalue weighted by atomic mass is 9.90. The van der Waals surface area contributed by atoms with Crippen molar-refractivity contribution >= 4 is 76.6 Å². The first kappa shape index (κ1) is 42.9. The van der Waals surface area contributed by atoms with Crippen molar-refractivity contribution in [1.29, 1.82) is 0 Å². The van der Waals surface area contributed by atoms with Gasteiger partial charge in [-0.25, -0.2) is 0 Å². The van der Waals surface area contributed by atoms with E-state index in [1.165, 1.54) is 121 Å². The lowest BCUT2D eigenvalue weighted by molar-refractivity contribution is 0.739. The highest BCUT2D eigenvalue weighted by Gasteiger charge is 2.26. The number of rotatable bonds is 9. The van der Waals surface area contributed by atoms with Crippen LogP contribution in [-0.2, 0) is 12.8 Å². The fourth-order valence-corrected chi connectivity index (χ4v) is 12.2. The van der Waals surface area contributed by atoms with Crippen LogP contribution in [-0.4, -0.2) is 13.7 Å². The van der Waals surface area contributed by atoms with Gasteiger partial charge in [-0.3, -0.25) is 0 Å². The Hall–Kier alpha value is -8.92. The van der Waals surface area contributed by atoms with E-state index in [2.05, 4.69) is 259 Å². The molecule has 0 aliphatic heterocycles. The topological polar surface area (TPSA) is 14.8 Å². The Bertz CT molecular complexity index is 4260. The van der Waals surface area contributed by atoms with Crippen LogP contribution < -0.4 is 0 Å². The molecule has 1 unspecified atom stereocenters. The van der Waals surface area contributed by atoms with E-state index in [4.69, 9.17) is 0 Å². The quantitative estimate of drug-likeness (QED) is 0.128. The summed E-state index contributed by atoms with van der Waals surface area (Å²) in [5.74, 6) is 0.555. The summed E-state index contributed by atoms with van der Waals surface area (Å²) in [7, 11) is 0. The van der Waals surface area contributed by atoms with Crippen molar-refractivity contribution in [2.24, 2.45) is 5.92 Å². The van der Waals surface area contributed by atoms with Gasteiger partial charge in [0.1, 0.15) is 0 Å². The second kappa shape index (κ2) is 17.1. The van der Waals surface area contributed by atoms with Crippen LogP contribution in [0.5, 0.6) is 0 Å². The summed E-state index contributed by atoms with van der Waals surface area (Å²) in [6.07, 6.45) is 18.3. The Morgan fingerprint density at radius 3 is 1.47 bits per heavy atom. The van der Waals surface area contributed by atoms with Gasteiger partial charge in [0.2, 0.25) is 0 Å². The summed E-state index contributed by atoms with van der Waals surface area (Å²) in [5, 5.41) is 7.70. The monoisotopic (exact) mass is 935 g/mol. The minimum Gasteiger partial charge on any atom is -0.309 e. The van der Waals surface area contributed by atoms with Gasteiger partial charge in [-0.2, -0.15) is 0 Å². The van der Waals surface area contributed by atoms with E-state index >= 15 is 0 Å².